The van der Waals surface area contributed by atoms with Crippen LogP contribution in [-0.2, 0) is 14.3 Å². The molecule has 2 aliphatic rings. The minimum absolute atomic E-state index is 0.140. The van der Waals surface area contributed by atoms with Gasteiger partial charge in [0, 0.05) is 6.54 Å². The summed E-state index contributed by atoms with van der Waals surface area (Å²) in [7, 11) is 0. The summed E-state index contributed by atoms with van der Waals surface area (Å²) in [5, 5.41) is 2.57. The average molecular weight is 322 g/mol. The number of nitrogens with one attached hydrogen (secondary N) is 1. The molecule has 3 rings (SSSR count). The fourth-order valence-corrected chi connectivity index (χ4v) is 2.73. The van der Waals surface area contributed by atoms with Gasteiger partial charge in [0.25, 0.3) is 5.91 Å². The zero-order valence-electron chi connectivity index (χ0n) is 12.4. The van der Waals surface area contributed by atoms with Crippen molar-refractivity contribution in [3.63, 3.8) is 0 Å². The fourth-order valence-electron chi connectivity index (χ4n) is 2.73. The van der Waals surface area contributed by atoms with Gasteiger partial charge in [0.15, 0.2) is 5.76 Å². The van der Waals surface area contributed by atoms with E-state index in [-0.39, 0.29) is 24.4 Å². The second kappa shape index (κ2) is 6.36. The third-order valence-corrected chi connectivity index (χ3v) is 3.88. The van der Waals surface area contributed by atoms with E-state index in [0.717, 1.165) is 29.9 Å². The van der Waals surface area contributed by atoms with E-state index in [2.05, 4.69) is 5.32 Å². The molecule has 0 saturated carbocycles. The lowest BCUT2D eigenvalue weighted by atomic mass is 10.2. The predicted octanol–water partition coefficient (Wildman–Crippen LogP) is 1.88. The van der Waals surface area contributed by atoms with Crippen LogP contribution in [0.1, 0.15) is 19.3 Å². The zero-order valence-corrected chi connectivity index (χ0v) is 12.4. The second-order valence-electron chi connectivity index (χ2n) is 5.43. The predicted molar refractivity (Wildman–Crippen MR) is 78.5 cm³/mol. The molecule has 1 fully saturated rings. The van der Waals surface area contributed by atoms with Crippen molar-refractivity contribution in [3.8, 4) is 0 Å². The van der Waals surface area contributed by atoms with Crippen LogP contribution in [0.5, 0.6) is 0 Å². The minimum Gasteiger partial charge on any atom is -0.488 e. The molecule has 1 aromatic rings. The van der Waals surface area contributed by atoms with Gasteiger partial charge in [-0.15, -0.1) is 0 Å². The van der Waals surface area contributed by atoms with Crippen molar-refractivity contribution in [2.24, 2.45) is 0 Å². The largest absolute Gasteiger partial charge is 0.488 e. The van der Waals surface area contributed by atoms with Crippen LogP contribution in [0.2, 0.25) is 0 Å². The Kier molecular flexibility index (Phi) is 4.27. The number of hydrogen-bond acceptors (Lipinski definition) is 3. The van der Waals surface area contributed by atoms with E-state index in [0.29, 0.717) is 6.61 Å². The van der Waals surface area contributed by atoms with Crippen molar-refractivity contribution < 1.29 is 23.1 Å². The molecule has 2 amide bonds. The summed E-state index contributed by atoms with van der Waals surface area (Å²) in [4.78, 5) is 25.4. The maximum absolute atomic E-state index is 13.8. The summed E-state index contributed by atoms with van der Waals surface area (Å²) in [5.74, 6) is -2.41. The number of benzene rings is 1. The lowest BCUT2D eigenvalue weighted by Gasteiger charge is -2.19. The van der Waals surface area contributed by atoms with E-state index in [1.165, 1.54) is 6.07 Å². The maximum Gasteiger partial charge on any atom is 0.286 e. The summed E-state index contributed by atoms with van der Waals surface area (Å²) < 4.78 is 32.9. The Bertz CT molecular complexity index is 655. The Morgan fingerprint density at radius 2 is 2.04 bits per heavy atom. The van der Waals surface area contributed by atoms with Gasteiger partial charge in [-0.3, -0.25) is 9.59 Å². The van der Waals surface area contributed by atoms with Gasteiger partial charge in [0.2, 0.25) is 5.91 Å². The third-order valence-electron chi connectivity index (χ3n) is 3.88. The summed E-state index contributed by atoms with van der Waals surface area (Å²) in [6.07, 6.45) is 3.55. The Hall–Kier alpha value is -2.44. The summed E-state index contributed by atoms with van der Waals surface area (Å²) in [6.45, 7) is 0.603. The van der Waals surface area contributed by atoms with Gasteiger partial charge in [-0.2, -0.15) is 0 Å². The lowest BCUT2D eigenvalue weighted by molar-refractivity contribution is -0.126. The Balaban J connectivity index is 1.72. The van der Waals surface area contributed by atoms with Crippen molar-refractivity contribution in [1.82, 2.24) is 5.32 Å². The molecule has 7 heteroatoms. The first-order valence-corrected chi connectivity index (χ1v) is 7.47. The summed E-state index contributed by atoms with van der Waals surface area (Å²) >= 11 is 0. The molecule has 23 heavy (non-hydrogen) atoms. The summed E-state index contributed by atoms with van der Waals surface area (Å²) in [5.41, 5.74) is -0.373. The number of rotatable bonds is 3. The van der Waals surface area contributed by atoms with Crippen LogP contribution in [0.4, 0.5) is 14.5 Å². The van der Waals surface area contributed by atoms with Gasteiger partial charge in [-0.25, -0.2) is 8.78 Å². The highest BCUT2D eigenvalue weighted by Crippen LogP contribution is 2.27. The number of amides is 2. The molecule has 0 aliphatic carbocycles. The highest BCUT2D eigenvalue weighted by atomic mass is 19.1. The molecule has 1 atom stereocenters. The molecule has 2 heterocycles. The molecular weight excluding hydrogens is 306 g/mol. The van der Waals surface area contributed by atoms with Crippen molar-refractivity contribution in [1.29, 1.82) is 0 Å². The van der Waals surface area contributed by atoms with Crippen LogP contribution < -0.4 is 10.2 Å². The number of nitrogens with zero attached hydrogens (tertiary/aromatic N) is 1. The van der Waals surface area contributed by atoms with E-state index in [9.17, 15) is 18.4 Å². The Morgan fingerprint density at radius 3 is 2.70 bits per heavy atom. The highest BCUT2D eigenvalue weighted by molar-refractivity contribution is 6.03. The quantitative estimate of drug-likeness (QED) is 0.924. The summed E-state index contributed by atoms with van der Waals surface area (Å²) in [6, 6.07) is 2.62. The van der Waals surface area contributed by atoms with Gasteiger partial charge in [-0.05, 0) is 37.5 Å². The van der Waals surface area contributed by atoms with Crippen LogP contribution in [0.15, 0.2) is 30.0 Å². The topological polar surface area (TPSA) is 58.6 Å². The monoisotopic (exact) mass is 322 g/mol. The van der Waals surface area contributed by atoms with E-state index in [1.54, 1.807) is 6.08 Å². The SMILES string of the molecule is O=C(NC1CCN(c2c(F)cccc2F)C1=O)C1=CCCCO1. The first-order valence-electron chi connectivity index (χ1n) is 7.47. The molecule has 1 aromatic carbocycles. The number of ether oxygens (including phenoxy) is 1. The average Bonchev–Trinajstić information content (AvgIpc) is 2.89. The van der Waals surface area contributed by atoms with Gasteiger partial charge in [0.05, 0.1) is 6.61 Å². The first kappa shape index (κ1) is 15.5. The van der Waals surface area contributed by atoms with Crippen LogP contribution in [-0.4, -0.2) is 31.0 Å². The standard InChI is InChI=1S/C16H16F2N2O3/c17-10-4-3-5-11(18)14(10)20-8-7-12(16(20)22)19-15(21)13-6-1-2-9-23-13/h3-6,12H,1-2,7-9H2,(H,19,21). The maximum atomic E-state index is 13.8. The van der Waals surface area contributed by atoms with Gasteiger partial charge in [-0.1, -0.05) is 6.07 Å². The molecule has 0 spiro atoms. The smallest absolute Gasteiger partial charge is 0.286 e. The second-order valence-corrected chi connectivity index (χ2v) is 5.43. The van der Waals surface area contributed by atoms with E-state index < -0.39 is 29.5 Å². The zero-order chi connectivity index (χ0) is 16.4. The van der Waals surface area contributed by atoms with Crippen LogP contribution in [0.25, 0.3) is 0 Å². The first-order chi connectivity index (χ1) is 11.1. The molecule has 1 N–H and O–H groups in total. The molecular formula is C16H16F2N2O3. The number of allylic oxidation sites excluding steroid dienone is 1. The number of hydrogen-bond donors (Lipinski definition) is 1. The van der Waals surface area contributed by atoms with E-state index in [4.69, 9.17) is 4.74 Å². The van der Waals surface area contributed by atoms with Crippen LogP contribution in [0.3, 0.4) is 0 Å². The van der Waals surface area contributed by atoms with Crippen molar-refractivity contribution in [2.75, 3.05) is 18.1 Å². The normalized spacial score (nSPS) is 21.0. The van der Waals surface area contributed by atoms with Crippen molar-refractivity contribution in [2.45, 2.75) is 25.3 Å². The number of carbonyl (C=O) groups is 2. The van der Waals surface area contributed by atoms with Crippen LogP contribution >= 0.6 is 0 Å². The van der Waals surface area contributed by atoms with Crippen molar-refractivity contribution in [3.05, 3.63) is 41.7 Å². The molecule has 1 saturated heterocycles. The lowest BCUT2D eigenvalue weighted by Crippen LogP contribution is -2.43. The van der Waals surface area contributed by atoms with Crippen LogP contribution in [0, 0.1) is 11.6 Å². The van der Waals surface area contributed by atoms with Gasteiger partial charge < -0.3 is 15.0 Å². The molecule has 122 valence electrons. The molecule has 2 aliphatic heterocycles. The number of halogens is 2. The van der Waals surface area contributed by atoms with Gasteiger partial charge in [0.1, 0.15) is 23.4 Å². The molecule has 0 bridgehead atoms. The molecule has 0 aromatic heterocycles. The third kappa shape index (κ3) is 3.04. The Morgan fingerprint density at radius 1 is 1.30 bits per heavy atom. The molecule has 0 radical (unpaired) electrons. The highest BCUT2D eigenvalue weighted by Gasteiger charge is 2.36. The number of para-hydroxylation sites is 1. The number of carbonyl (C=O) groups excluding carboxylic acids is 2. The fraction of sp³-hybridized carbons (Fsp3) is 0.375. The van der Waals surface area contributed by atoms with E-state index >= 15 is 0 Å². The van der Waals surface area contributed by atoms with Gasteiger partial charge >= 0.3 is 0 Å². The minimum atomic E-state index is -0.812. The molecule has 1 unspecified atom stereocenters. The van der Waals surface area contributed by atoms with Crippen molar-refractivity contribution >= 4 is 17.5 Å². The molecule has 5 nitrogen and oxygen atoms in total. The Labute approximate surface area is 131 Å². The van der Waals surface area contributed by atoms with E-state index in [1.807, 2.05) is 0 Å². The number of anilines is 1.